The van der Waals surface area contributed by atoms with Gasteiger partial charge in [0.05, 0.1) is 19.3 Å². The maximum absolute atomic E-state index is 13.7. The highest BCUT2D eigenvalue weighted by Gasteiger charge is 2.24. The molecule has 1 heterocycles. The Kier molecular flexibility index (Phi) is 8.81. The van der Waals surface area contributed by atoms with Gasteiger partial charge in [0.25, 0.3) is 5.91 Å². The molecule has 0 saturated heterocycles. The van der Waals surface area contributed by atoms with Crippen LogP contribution in [0.5, 0.6) is 11.5 Å². The number of hydrogen-bond acceptors (Lipinski definition) is 5. The minimum absolute atomic E-state index is 0.0849. The molecule has 1 aromatic heterocycles. The van der Waals surface area contributed by atoms with Gasteiger partial charge >= 0.3 is 0 Å². The van der Waals surface area contributed by atoms with Gasteiger partial charge in [0, 0.05) is 22.3 Å². The number of aliphatic imine (C=N–C) groups is 1. The van der Waals surface area contributed by atoms with E-state index in [1.807, 2.05) is 44.2 Å². The second kappa shape index (κ2) is 12.2. The second-order valence-electron chi connectivity index (χ2n) is 9.41. The van der Waals surface area contributed by atoms with Gasteiger partial charge in [-0.1, -0.05) is 31.9 Å². The number of aryl methyl sites for hydroxylation is 3. The maximum Gasteiger partial charge on any atom is 0.259 e. The molecular weight excluding hydrogens is 468 g/mol. The average molecular weight is 505 g/mol. The van der Waals surface area contributed by atoms with Gasteiger partial charge < -0.3 is 14.8 Å². The van der Waals surface area contributed by atoms with Crippen molar-refractivity contribution < 1.29 is 14.3 Å². The van der Waals surface area contributed by atoms with Gasteiger partial charge in [0.2, 0.25) is 0 Å². The first kappa shape index (κ1) is 26.0. The van der Waals surface area contributed by atoms with E-state index in [0.717, 1.165) is 59.5 Å². The molecule has 1 aliphatic rings. The molecule has 1 N–H and O–H groups in total. The number of carbonyl (C=O) groups is 1. The third-order valence-corrected chi connectivity index (χ3v) is 7.56. The number of rotatable bonds is 8. The van der Waals surface area contributed by atoms with Crippen molar-refractivity contribution in [3.63, 3.8) is 0 Å². The van der Waals surface area contributed by atoms with Crippen molar-refractivity contribution in [3.8, 4) is 11.5 Å². The first-order valence-electron chi connectivity index (χ1n) is 12.9. The van der Waals surface area contributed by atoms with Crippen LogP contribution in [0, 0.1) is 13.8 Å². The lowest BCUT2D eigenvalue weighted by Crippen LogP contribution is -2.14. The predicted molar refractivity (Wildman–Crippen MR) is 150 cm³/mol. The molecule has 3 aromatic rings. The molecule has 5 nitrogen and oxygen atoms in total. The van der Waals surface area contributed by atoms with Crippen LogP contribution in [0.1, 0.15) is 76.5 Å². The second-order valence-corrected chi connectivity index (χ2v) is 10.5. The minimum Gasteiger partial charge on any atom is -0.493 e. The van der Waals surface area contributed by atoms with Gasteiger partial charge in [-0.25, -0.2) is 4.99 Å². The lowest BCUT2D eigenvalue weighted by molar-refractivity contribution is 0.102. The van der Waals surface area contributed by atoms with Crippen molar-refractivity contribution in [1.29, 1.82) is 0 Å². The van der Waals surface area contributed by atoms with Crippen molar-refractivity contribution >= 4 is 34.1 Å². The Labute approximate surface area is 218 Å². The normalized spacial score (nSPS) is 13.7. The minimum atomic E-state index is -0.0849. The molecule has 0 fully saturated rings. The molecule has 2 aromatic carbocycles. The van der Waals surface area contributed by atoms with E-state index in [1.165, 1.54) is 23.3 Å². The van der Waals surface area contributed by atoms with E-state index < -0.39 is 0 Å². The summed E-state index contributed by atoms with van der Waals surface area (Å²) in [6.45, 7) is 6.76. The van der Waals surface area contributed by atoms with Crippen molar-refractivity contribution in [3.05, 3.63) is 69.1 Å². The number of nitrogens with one attached hydrogen (secondary N) is 1. The predicted octanol–water partition coefficient (Wildman–Crippen LogP) is 7.82. The molecule has 0 atom stereocenters. The molecule has 6 heteroatoms. The summed E-state index contributed by atoms with van der Waals surface area (Å²) in [5.74, 6) is 1.28. The molecular formula is C30H36N2O3S. The van der Waals surface area contributed by atoms with Crippen molar-refractivity contribution in [2.75, 3.05) is 19.0 Å². The zero-order valence-corrected chi connectivity index (χ0v) is 22.6. The van der Waals surface area contributed by atoms with Crippen LogP contribution >= 0.6 is 11.3 Å². The van der Waals surface area contributed by atoms with Gasteiger partial charge in [-0.05, 0) is 86.9 Å². The topological polar surface area (TPSA) is 59.9 Å². The number of thiophene rings is 1. The van der Waals surface area contributed by atoms with Crippen molar-refractivity contribution in [2.45, 2.75) is 65.7 Å². The summed E-state index contributed by atoms with van der Waals surface area (Å²) in [5, 5.41) is 3.91. The lowest BCUT2D eigenvalue weighted by Gasteiger charge is -2.13. The molecule has 36 heavy (non-hydrogen) atoms. The molecule has 0 aliphatic heterocycles. The number of anilines is 1. The van der Waals surface area contributed by atoms with Crippen molar-refractivity contribution in [2.24, 2.45) is 4.99 Å². The van der Waals surface area contributed by atoms with Gasteiger partial charge in [-0.15, -0.1) is 11.3 Å². The lowest BCUT2D eigenvalue weighted by atomic mass is 9.96. The van der Waals surface area contributed by atoms with Crippen LogP contribution in [0.4, 0.5) is 10.7 Å². The van der Waals surface area contributed by atoms with Crippen LogP contribution < -0.4 is 14.8 Å². The monoisotopic (exact) mass is 504 g/mol. The van der Waals surface area contributed by atoms with E-state index in [9.17, 15) is 4.79 Å². The number of ether oxygens (including phenoxy) is 2. The van der Waals surface area contributed by atoms with Gasteiger partial charge in [-0.3, -0.25) is 4.79 Å². The number of carbonyl (C=O) groups excluding carboxylic acids is 1. The fourth-order valence-corrected chi connectivity index (χ4v) is 5.98. The fraction of sp³-hybridized carbons (Fsp3) is 0.400. The molecule has 0 spiro atoms. The first-order valence-corrected chi connectivity index (χ1v) is 13.7. The smallest absolute Gasteiger partial charge is 0.259 e. The SMILES string of the molecule is CCCOc1c(C=Nc2sc3c(c2C(=O)Nc2cc(C)cc(C)c2)CCCCCC3)cccc1OC. The fourth-order valence-electron chi connectivity index (χ4n) is 4.75. The number of methoxy groups -OCH3 is 1. The Balaban J connectivity index is 1.73. The Bertz CT molecular complexity index is 1220. The quantitative estimate of drug-likeness (QED) is 0.318. The van der Waals surface area contributed by atoms with Crippen molar-refractivity contribution in [1.82, 2.24) is 0 Å². The van der Waals surface area contributed by atoms with E-state index in [-0.39, 0.29) is 5.91 Å². The van der Waals surface area contributed by atoms with Crippen LogP contribution in [-0.2, 0) is 12.8 Å². The van der Waals surface area contributed by atoms with E-state index in [4.69, 9.17) is 14.5 Å². The summed E-state index contributed by atoms with van der Waals surface area (Å²) in [6, 6.07) is 11.9. The van der Waals surface area contributed by atoms with E-state index in [0.29, 0.717) is 23.7 Å². The molecule has 190 valence electrons. The van der Waals surface area contributed by atoms with Crippen LogP contribution in [-0.4, -0.2) is 25.8 Å². The third kappa shape index (κ3) is 6.16. The molecule has 0 radical (unpaired) electrons. The number of fused-ring (bicyclic) bond motifs is 1. The number of nitrogens with zero attached hydrogens (tertiary/aromatic N) is 1. The van der Waals surface area contributed by atoms with Crippen LogP contribution in [0.3, 0.4) is 0 Å². The Hall–Kier alpha value is -3.12. The number of hydrogen-bond donors (Lipinski definition) is 1. The van der Waals surface area contributed by atoms with E-state index >= 15 is 0 Å². The molecule has 4 rings (SSSR count). The van der Waals surface area contributed by atoms with Crippen LogP contribution in [0.2, 0.25) is 0 Å². The highest BCUT2D eigenvalue weighted by molar-refractivity contribution is 7.16. The van der Waals surface area contributed by atoms with Crippen LogP contribution in [0.25, 0.3) is 0 Å². The summed E-state index contributed by atoms with van der Waals surface area (Å²) >= 11 is 1.65. The number of amides is 1. The molecule has 0 unspecified atom stereocenters. The van der Waals surface area contributed by atoms with Gasteiger partial charge in [0.1, 0.15) is 5.00 Å². The van der Waals surface area contributed by atoms with E-state index in [2.05, 4.69) is 18.3 Å². The summed E-state index contributed by atoms with van der Waals surface area (Å²) < 4.78 is 11.5. The third-order valence-electron chi connectivity index (χ3n) is 6.36. The van der Waals surface area contributed by atoms with Crippen LogP contribution in [0.15, 0.2) is 41.4 Å². The highest BCUT2D eigenvalue weighted by Crippen LogP contribution is 2.40. The summed E-state index contributed by atoms with van der Waals surface area (Å²) in [7, 11) is 1.64. The summed E-state index contributed by atoms with van der Waals surface area (Å²) in [6.07, 6.45) is 9.32. The Morgan fingerprint density at radius 2 is 1.83 bits per heavy atom. The zero-order chi connectivity index (χ0) is 25.5. The van der Waals surface area contributed by atoms with Gasteiger partial charge in [0.15, 0.2) is 11.5 Å². The zero-order valence-electron chi connectivity index (χ0n) is 21.8. The standard InChI is InChI=1S/C30H36N2O3S/c1-5-15-35-28-22(11-10-13-25(28)34-4)19-31-30-27(24-12-8-6-7-9-14-26(24)36-30)29(33)32-23-17-20(2)16-21(3)18-23/h10-11,13,16-19H,5-9,12,14-15H2,1-4H3,(H,32,33). The number of para-hydroxylation sites is 1. The Morgan fingerprint density at radius 1 is 1.08 bits per heavy atom. The molecule has 0 bridgehead atoms. The first-order chi connectivity index (χ1) is 17.5. The summed E-state index contributed by atoms with van der Waals surface area (Å²) in [5.41, 5.74) is 5.79. The Morgan fingerprint density at radius 3 is 2.56 bits per heavy atom. The largest absolute Gasteiger partial charge is 0.493 e. The summed E-state index contributed by atoms with van der Waals surface area (Å²) in [4.78, 5) is 19.9. The van der Waals surface area contributed by atoms with E-state index in [1.54, 1.807) is 24.7 Å². The molecule has 1 amide bonds. The average Bonchev–Trinajstić information content (AvgIpc) is 3.17. The van der Waals surface area contributed by atoms with Gasteiger partial charge in [-0.2, -0.15) is 0 Å². The molecule has 1 aliphatic carbocycles. The molecule has 0 saturated carbocycles. The number of benzene rings is 2. The highest BCUT2D eigenvalue weighted by atomic mass is 32.1. The maximum atomic E-state index is 13.7.